The van der Waals surface area contributed by atoms with Gasteiger partial charge in [-0.25, -0.2) is 0 Å². The van der Waals surface area contributed by atoms with Crippen LogP contribution in [-0.4, -0.2) is 83.7 Å². The minimum absolute atomic E-state index is 0. The number of hydrogen-bond acceptors (Lipinski definition) is 10. The summed E-state index contributed by atoms with van der Waals surface area (Å²) in [6.07, 6.45) is -4.06. The van der Waals surface area contributed by atoms with E-state index in [-0.39, 0.29) is 62.3 Å². The SMILES string of the molecule is OCC1OC(OCCCn2cc(CNC(=S)[S-])nn2)C(O)C(O)C1O.[K+]. The van der Waals surface area contributed by atoms with Gasteiger partial charge in [-0.15, -0.1) is 5.10 Å². The second-order valence-electron chi connectivity index (χ2n) is 5.54. The van der Waals surface area contributed by atoms with Gasteiger partial charge in [0.1, 0.15) is 30.1 Å². The molecule has 1 aromatic heterocycles. The van der Waals surface area contributed by atoms with Crippen LogP contribution >= 0.6 is 12.2 Å². The van der Waals surface area contributed by atoms with Gasteiger partial charge in [-0.05, 0) is 6.42 Å². The molecular formula is C13H21KN4O6S2. The van der Waals surface area contributed by atoms with Gasteiger partial charge in [0.2, 0.25) is 0 Å². The maximum Gasteiger partial charge on any atom is 1.00 e. The Kier molecular flexibility index (Phi) is 11.6. The van der Waals surface area contributed by atoms with Crippen LogP contribution < -0.4 is 56.7 Å². The van der Waals surface area contributed by atoms with Crippen molar-refractivity contribution in [1.82, 2.24) is 20.3 Å². The van der Waals surface area contributed by atoms with Gasteiger partial charge in [-0.2, -0.15) is 0 Å². The molecular weight excluding hydrogens is 411 g/mol. The number of aromatic nitrogens is 3. The number of aliphatic hydroxyl groups is 4. The molecule has 2 heterocycles. The van der Waals surface area contributed by atoms with Crippen LogP contribution in [0.5, 0.6) is 0 Å². The van der Waals surface area contributed by atoms with Crippen molar-refractivity contribution in [2.75, 3.05) is 13.2 Å². The van der Waals surface area contributed by atoms with Crippen molar-refractivity contribution in [1.29, 1.82) is 0 Å². The smallest absolute Gasteiger partial charge is 0.412 e. The third-order valence-electron chi connectivity index (χ3n) is 3.66. The fourth-order valence-electron chi connectivity index (χ4n) is 2.32. The number of ether oxygens (including phenoxy) is 2. The van der Waals surface area contributed by atoms with E-state index in [0.29, 0.717) is 25.2 Å². The second-order valence-corrected chi connectivity index (χ2v) is 6.61. The molecule has 1 fully saturated rings. The molecule has 5 unspecified atom stereocenters. The maximum absolute atomic E-state index is 9.85. The number of rotatable bonds is 8. The zero-order valence-corrected chi connectivity index (χ0v) is 19.0. The predicted octanol–water partition coefficient (Wildman–Crippen LogP) is -5.59. The second kappa shape index (κ2) is 12.3. The van der Waals surface area contributed by atoms with E-state index in [0.717, 1.165) is 0 Å². The van der Waals surface area contributed by atoms with E-state index in [1.807, 2.05) is 0 Å². The number of nitrogens with one attached hydrogen (secondary N) is 1. The van der Waals surface area contributed by atoms with Gasteiger partial charge in [0.15, 0.2) is 6.29 Å². The molecule has 0 bridgehead atoms. The molecule has 0 radical (unpaired) electrons. The molecule has 2 rings (SSSR count). The Morgan fingerprint density at radius 3 is 2.73 bits per heavy atom. The first-order valence-electron chi connectivity index (χ1n) is 7.68. The fraction of sp³-hybridized carbons (Fsp3) is 0.769. The molecule has 10 nitrogen and oxygen atoms in total. The monoisotopic (exact) mass is 432 g/mol. The number of nitrogens with zero attached hydrogens (tertiary/aromatic N) is 3. The molecule has 0 amide bonds. The van der Waals surface area contributed by atoms with E-state index in [2.05, 4.69) is 15.6 Å². The summed E-state index contributed by atoms with van der Waals surface area (Å²) in [6.45, 7) is 0.646. The quantitative estimate of drug-likeness (QED) is 0.116. The molecule has 1 aliphatic heterocycles. The maximum atomic E-state index is 9.85. The summed E-state index contributed by atoms with van der Waals surface area (Å²) in [5.41, 5.74) is 0.696. The normalized spacial score (nSPS) is 28.4. The van der Waals surface area contributed by atoms with Crippen LogP contribution in [0.15, 0.2) is 6.20 Å². The van der Waals surface area contributed by atoms with E-state index in [9.17, 15) is 15.3 Å². The van der Waals surface area contributed by atoms with Gasteiger partial charge in [-0.1, -0.05) is 9.53 Å². The number of hydrogen-bond donors (Lipinski definition) is 5. The molecule has 26 heavy (non-hydrogen) atoms. The summed E-state index contributed by atoms with van der Waals surface area (Å²) < 4.78 is 12.5. The molecule has 1 aromatic rings. The minimum Gasteiger partial charge on any atom is -0.412 e. The Bertz CT molecular complexity index is 566. The van der Waals surface area contributed by atoms with Crippen LogP contribution in [0.2, 0.25) is 0 Å². The van der Waals surface area contributed by atoms with E-state index in [4.69, 9.17) is 39.4 Å². The number of aryl methyl sites for hydroxylation is 1. The summed E-state index contributed by atoms with van der Waals surface area (Å²) in [5.74, 6) is 0. The average Bonchev–Trinajstić information content (AvgIpc) is 3.04. The van der Waals surface area contributed by atoms with Crippen molar-refractivity contribution in [3.05, 3.63) is 11.9 Å². The first-order valence-corrected chi connectivity index (χ1v) is 8.50. The van der Waals surface area contributed by atoms with Crippen molar-refractivity contribution < 1.29 is 81.3 Å². The van der Waals surface area contributed by atoms with Crippen LogP contribution in [0.1, 0.15) is 12.1 Å². The topological polar surface area (TPSA) is 142 Å². The molecule has 1 aliphatic rings. The summed E-state index contributed by atoms with van der Waals surface area (Å²) in [5, 5.41) is 49.0. The van der Waals surface area contributed by atoms with Gasteiger partial charge < -0.3 is 60.1 Å². The summed E-state index contributed by atoms with van der Waals surface area (Å²) in [6, 6.07) is 0. The molecule has 142 valence electrons. The Morgan fingerprint density at radius 1 is 1.35 bits per heavy atom. The standard InChI is InChI=1S/C13H22N4O6S2.K/c18-6-8-9(19)10(20)11(21)12(23-8)22-3-1-2-17-5-7(15-16-17)4-14-13(24)25;/h5,8-12,18-21H,1-4,6H2,(H2,14,24,25);/q;+1/p-1. The molecule has 5 N–H and O–H groups in total. The van der Waals surface area contributed by atoms with Gasteiger partial charge in [0.05, 0.1) is 26.0 Å². The summed E-state index contributed by atoms with van der Waals surface area (Å²) >= 11 is 9.48. The van der Waals surface area contributed by atoms with Gasteiger partial charge in [0, 0.05) is 6.54 Å². The van der Waals surface area contributed by atoms with Crippen molar-refractivity contribution in [3.63, 3.8) is 0 Å². The third kappa shape index (κ3) is 7.23. The van der Waals surface area contributed by atoms with Crippen LogP contribution in [0, 0.1) is 0 Å². The molecule has 5 atom stereocenters. The van der Waals surface area contributed by atoms with Crippen LogP contribution in [0.3, 0.4) is 0 Å². The van der Waals surface area contributed by atoms with Crippen LogP contribution in [0.4, 0.5) is 0 Å². The number of thiocarbonyl (C=S) groups is 1. The van der Waals surface area contributed by atoms with E-state index in [1.165, 1.54) is 0 Å². The number of aliphatic hydroxyl groups excluding tert-OH is 4. The molecule has 0 aliphatic carbocycles. The largest absolute Gasteiger partial charge is 1.00 e. The van der Waals surface area contributed by atoms with Crippen molar-refractivity contribution in [2.45, 2.75) is 50.2 Å². The van der Waals surface area contributed by atoms with Gasteiger partial charge in [-0.3, -0.25) is 4.68 Å². The molecule has 1 saturated heterocycles. The minimum atomic E-state index is -1.45. The zero-order valence-electron chi connectivity index (χ0n) is 14.3. The average molecular weight is 433 g/mol. The van der Waals surface area contributed by atoms with Crippen molar-refractivity contribution >= 4 is 29.2 Å². The molecule has 0 saturated carbocycles. The third-order valence-corrected chi connectivity index (χ3v) is 3.95. The Morgan fingerprint density at radius 2 is 2.08 bits per heavy atom. The Labute approximate surface area is 204 Å². The summed E-state index contributed by atoms with van der Waals surface area (Å²) in [4.78, 5) is 0. The molecule has 0 spiro atoms. The van der Waals surface area contributed by atoms with Crippen LogP contribution in [0.25, 0.3) is 0 Å². The molecule has 13 heteroatoms. The molecule has 0 aromatic carbocycles. The van der Waals surface area contributed by atoms with Crippen molar-refractivity contribution in [2.24, 2.45) is 0 Å². The van der Waals surface area contributed by atoms with E-state index < -0.39 is 37.3 Å². The van der Waals surface area contributed by atoms with Crippen LogP contribution in [-0.2, 0) is 35.2 Å². The van der Waals surface area contributed by atoms with Gasteiger partial charge >= 0.3 is 51.4 Å². The first-order chi connectivity index (χ1) is 11.9. The first kappa shape index (κ1) is 24.7. The predicted molar refractivity (Wildman–Crippen MR) is 91.2 cm³/mol. The summed E-state index contributed by atoms with van der Waals surface area (Å²) in [7, 11) is 0. The van der Waals surface area contributed by atoms with Gasteiger partial charge in [0.25, 0.3) is 0 Å². The zero-order chi connectivity index (χ0) is 18.4. The van der Waals surface area contributed by atoms with E-state index in [1.54, 1.807) is 10.9 Å². The van der Waals surface area contributed by atoms with E-state index >= 15 is 0 Å². The fourth-order valence-corrected chi connectivity index (χ4v) is 2.47. The van der Waals surface area contributed by atoms with Crippen molar-refractivity contribution in [3.8, 4) is 0 Å². The Balaban J connectivity index is 0.00000338. The Hall–Kier alpha value is 0.646.